The lowest BCUT2D eigenvalue weighted by Crippen LogP contribution is -2.21. The molecular weight excluding hydrogens is 396 g/mol. The molecule has 0 bridgehead atoms. The maximum Gasteiger partial charge on any atom is 0.309 e. The maximum atomic E-state index is 12.7. The average molecular weight is 413 g/mol. The van der Waals surface area contributed by atoms with Gasteiger partial charge in [0.1, 0.15) is 0 Å². The van der Waals surface area contributed by atoms with Crippen LogP contribution in [0.15, 0.2) is 96.1 Å². The summed E-state index contributed by atoms with van der Waals surface area (Å²) >= 11 is 6.11. The van der Waals surface area contributed by atoms with Crippen LogP contribution in [0.5, 0.6) is 0 Å². The highest BCUT2D eigenvalue weighted by molar-refractivity contribution is 6.33. The molecule has 30 heavy (non-hydrogen) atoms. The van der Waals surface area contributed by atoms with E-state index in [-0.39, 0.29) is 5.82 Å². The average Bonchev–Trinajstić information content (AvgIpc) is 2.81. The predicted octanol–water partition coefficient (Wildman–Crippen LogP) is 5.23. The number of benzene rings is 3. The van der Waals surface area contributed by atoms with Gasteiger partial charge in [-0.25, -0.2) is 15.4 Å². The number of hydrogen-bond acceptors (Lipinski definition) is 4. The van der Waals surface area contributed by atoms with E-state index >= 15 is 0 Å². The number of carbonyl (C=O) groups excluding carboxylic acids is 1. The van der Waals surface area contributed by atoms with Gasteiger partial charge in [-0.05, 0) is 12.1 Å². The van der Waals surface area contributed by atoms with Crippen LogP contribution in [0, 0.1) is 0 Å². The molecule has 0 fully saturated rings. The van der Waals surface area contributed by atoms with Gasteiger partial charge in [-0.3, -0.25) is 4.79 Å². The van der Waals surface area contributed by atoms with Gasteiger partial charge in [0.2, 0.25) is 5.82 Å². The Morgan fingerprint density at radius 1 is 0.800 bits per heavy atom. The van der Waals surface area contributed by atoms with Crippen LogP contribution in [-0.4, -0.2) is 22.1 Å². The molecule has 0 atom stereocenters. The summed E-state index contributed by atoms with van der Waals surface area (Å²) in [6, 6.07) is 28.4. The van der Waals surface area contributed by atoms with E-state index in [1.165, 1.54) is 6.21 Å². The number of aromatic nitrogens is 2. The minimum Gasteiger partial charge on any atom is -0.264 e. The summed E-state index contributed by atoms with van der Waals surface area (Å²) in [5.74, 6) is -0.472. The minimum atomic E-state index is -0.506. The van der Waals surface area contributed by atoms with Crippen molar-refractivity contribution >= 4 is 23.7 Å². The smallest absolute Gasteiger partial charge is 0.264 e. The van der Waals surface area contributed by atoms with Gasteiger partial charge in [0.05, 0.1) is 17.6 Å². The zero-order valence-corrected chi connectivity index (χ0v) is 16.6. The van der Waals surface area contributed by atoms with Crippen LogP contribution in [-0.2, 0) is 0 Å². The number of amides is 1. The number of nitrogens with zero attached hydrogens (tertiary/aromatic N) is 3. The summed E-state index contributed by atoms with van der Waals surface area (Å²) in [6.07, 6.45) is 1.49. The van der Waals surface area contributed by atoms with E-state index in [1.54, 1.807) is 12.1 Å². The molecule has 1 aromatic heterocycles. The minimum absolute atomic E-state index is 0.0338. The van der Waals surface area contributed by atoms with Crippen molar-refractivity contribution in [3.05, 3.63) is 107 Å². The second kappa shape index (κ2) is 9.11. The molecule has 1 amide bonds. The molecule has 0 saturated carbocycles. The zero-order valence-electron chi connectivity index (χ0n) is 15.9. The Morgan fingerprint density at radius 2 is 1.33 bits per heavy atom. The Bertz CT molecular complexity index is 1140. The molecule has 4 rings (SSSR count). The third-order valence-electron chi connectivity index (χ3n) is 4.34. The Hall–Kier alpha value is -3.83. The predicted molar refractivity (Wildman–Crippen MR) is 119 cm³/mol. The monoisotopic (exact) mass is 412 g/mol. The van der Waals surface area contributed by atoms with Crippen molar-refractivity contribution in [1.29, 1.82) is 0 Å². The molecule has 0 aliphatic heterocycles. The van der Waals surface area contributed by atoms with E-state index < -0.39 is 5.91 Å². The molecule has 0 aliphatic rings. The summed E-state index contributed by atoms with van der Waals surface area (Å²) in [5.41, 5.74) is 6.28. The summed E-state index contributed by atoms with van der Waals surface area (Å²) in [4.78, 5) is 21.6. The molecule has 5 nitrogen and oxygen atoms in total. The number of rotatable bonds is 5. The summed E-state index contributed by atoms with van der Waals surface area (Å²) in [5, 5.41) is 4.54. The first-order valence-electron chi connectivity index (χ1n) is 9.28. The second-order valence-electron chi connectivity index (χ2n) is 6.41. The topological polar surface area (TPSA) is 67.2 Å². The Labute approximate surface area is 179 Å². The number of nitrogens with one attached hydrogen (secondary N) is 1. The molecule has 0 aliphatic carbocycles. The number of carbonyl (C=O) groups is 1. The van der Waals surface area contributed by atoms with Crippen molar-refractivity contribution in [1.82, 2.24) is 15.4 Å². The summed E-state index contributed by atoms with van der Waals surface area (Å²) < 4.78 is 0. The molecular formula is C24H17ClN4O. The SMILES string of the molecule is O=C(N/N=C/c1ccccc1Cl)c1nc(-c2ccccc2)cc(-c2ccccc2)n1. The van der Waals surface area contributed by atoms with Gasteiger partial charge in [-0.15, -0.1) is 0 Å². The summed E-state index contributed by atoms with van der Waals surface area (Å²) in [6.45, 7) is 0. The standard InChI is InChI=1S/C24H17ClN4O/c25-20-14-8-7-13-19(20)16-26-29-24(30)23-27-21(17-9-3-1-4-10-17)15-22(28-23)18-11-5-2-6-12-18/h1-16H,(H,29,30)/b26-16+. The fourth-order valence-electron chi connectivity index (χ4n) is 2.85. The van der Waals surface area contributed by atoms with Crippen molar-refractivity contribution in [2.24, 2.45) is 5.10 Å². The van der Waals surface area contributed by atoms with Crippen molar-refractivity contribution in [3.63, 3.8) is 0 Å². The second-order valence-corrected chi connectivity index (χ2v) is 6.82. The normalized spacial score (nSPS) is 10.8. The van der Waals surface area contributed by atoms with Gasteiger partial charge in [0.25, 0.3) is 0 Å². The molecule has 0 saturated heterocycles. The number of hydrogen-bond donors (Lipinski definition) is 1. The van der Waals surface area contributed by atoms with Crippen molar-refractivity contribution in [3.8, 4) is 22.5 Å². The third-order valence-corrected chi connectivity index (χ3v) is 4.69. The molecule has 146 valence electrons. The lowest BCUT2D eigenvalue weighted by atomic mass is 10.1. The van der Waals surface area contributed by atoms with Crippen LogP contribution in [0.2, 0.25) is 5.02 Å². The van der Waals surface area contributed by atoms with E-state index in [1.807, 2.05) is 78.9 Å². The Morgan fingerprint density at radius 3 is 1.90 bits per heavy atom. The van der Waals surface area contributed by atoms with Crippen molar-refractivity contribution in [2.75, 3.05) is 0 Å². The molecule has 3 aromatic carbocycles. The quantitative estimate of drug-likeness (QED) is 0.360. The van der Waals surface area contributed by atoms with Gasteiger partial charge in [0, 0.05) is 21.7 Å². The van der Waals surface area contributed by atoms with Gasteiger partial charge in [0.15, 0.2) is 0 Å². The molecule has 0 unspecified atom stereocenters. The third kappa shape index (κ3) is 4.59. The molecule has 0 spiro atoms. The van der Waals surface area contributed by atoms with Gasteiger partial charge in [-0.1, -0.05) is 90.5 Å². The van der Waals surface area contributed by atoms with Gasteiger partial charge >= 0.3 is 5.91 Å². The molecule has 4 aromatic rings. The van der Waals surface area contributed by atoms with Gasteiger partial charge in [-0.2, -0.15) is 5.10 Å². The lowest BCUT2D eigenvalue weighted by Gasteiger charge is -2.08. The van der Waals surface area contributed by atoms with Crippen molar-refractivity contribution < 1.29 is 4.79 Å². The van der Waals surface area contributed by atoms with E-state index in [0.717, 1.165) is 11.1 Å². The number of halogens is 1. The molecule has 1 N–H and O–H groups in total. The first-order chi connectivity index (χ1) is 14.7. The van der Waals surface area contributed by atoms with Crippen LogP contribution in [0.25, 0.3) is 22.5 Å². The first-order valence-corrected chi connectivity index (χ1v) is 9.66. The number of hydrazone groups is 1. The van der Waals surface area contributed by atoms with E-state index in [9.17, 15) is 4.79 Å². The van der Waals surface area contributed by atoms with E-state index in [0.29, 0.717) is 22.0 Å². The highest BCUT2D eigenvalue weighted by atomic mass is 35.5. The lowest BCUT2D eigenvalue weighted by molar-refractivity contribution is 0.0945. The van der Waals surface area contributed by atoms with E-state index in [4.69, 9.17) is 11.6 Å². The van der Waals surface area contributed by atoms with Crippen LogP contribution in [0.1, 0.15) is 16.2 Å². The molecule has 6 heteroatoms. The largest absolute Gasteiger partial charge is 0.309 e. The Balaban J connectivity index is 1.66. The first kappa shape index (κ1) is 19.5. The van der Waals surface area contributed by atoms with Crippen molar-refractivity contribution in [2.45, 2.75) is 0 Å². The van der Waals surface area contributed by atoms with Crippen LogP contribution < -0.4 is 5.43 Å². The maximum absolute atomic E-state index is 12.7. The zero-order chi connectivity index (χ0) is 20.8. The molecule has 1 heterocycles. The fourth-order valence-corrected chi connectivity index (χ4v) is 3.04. The highest BCUT2D eigenvalue weighted by Gasteiger charge is 2.14. The Kier molecular flexibility index (Phi) is 5.92. The fraction of sp³-hybridized carbons (Fsp3) is 0. The van der Waals surface area contributed by atoms with Gasteiger partial charge < -0.3 is 0 Å². The van der Waals surface area contributed by atoms with Crippen LogP contribution in [0.3, 0.4) is 0 Å². The summed E-state index contributed by atoms with van der Waals surface area (Å²) in [7, 11) is 0. The van der Waals surface area contributed by atoms with Crippen LogP contribution in [0.4, 0.5) is 0 Å². The highest BCUT2D eigenvalue weighted by Crippen LogP contribution is 2.23. The van der Waals surface area contributed by atoms with E-state index in [2.05, 4.69) is 20.5 Å². The van der Waals surface area contributed by atoms with Crippen LogP contribution >= 0.6 is 11.6 Å². The molecule has 0 radical (unpaired) electrons.